The zero-order chi connectivity index (χ0) is 12.1. The van der Waals surface area contributed by atoms with Crippen LogP contribution in [0.1, 0.15) is 12.0 Å². The molecule has 2 N–H and O–H groups in total. The summed E-state index contributed by atoms with van der Waals surface area (Å²) in [7, 11) is 1.82. The average Bonchev–Trinajstić information content (AvgIpc) is 2.65. The number of anilines is 1. The SMILES string of the molecule is Cn1cc(N)c(OCCCc2ccncc2)n1. The number of aromatic nitrogens is 3. The molecule has 0 aromatic carbocycles. The zero-order valence-electron chi connectivity index (χ0n) is 9.84. The second kappa shape index (κ2) is 5.34. The minimum absolute atomic E-state index is 0.516. The number of hydrogen-bond donors (Lipinski definition) is 1. The molecular weight excluding hydrogens is 216 g/mol. The lowest BCUT2D eigenvalue weighted by Gasteiger charge is -2.03. The van der Waals surface area contributed by atoms with E-state index in [-0.39, 0.29) is 0 Å². The lowest BCUT2D eigenvalue weighted by atomic mass is 10.1. The Bertz CT molecular complexity index is 467. The molecule has 0 aliphatic heterocycles. The molecule has 2 aromatic rings. The van der Waals surface area contributed by atoms with Gasteiger partial charge in [0.05, 0.1) is 12.8 Å². The van der Waals surface area contributed by atoms with Crippen LogP contribution in [-0.2, 0) is 13.5 Å². The van der Waals surface area contributed by atoms with Gasteiger partial charge in [-0.05, 0) is 30.5 Å². The zero-order valence-corrected chi connectivity index (χ0v) is 9.84. The van der Waals surface area contributed by atoms with Crippen LogP contribution >= 0.6 is 0 Å². The van der Waals surface area contributed by atoms with Crippen LogP contribution in [0.15, 0.2) is 30.7 Å². The Balaban J connectivity index is 1.75. The summed E-state index contributed by atoms with van der Waals surface area (Å²) < 4.78 is 7.15. The molecule has 0 bridgehead atoms. The summed E-state index contributed by atoms with van der Waals surface area (Å²) in [5.74, 6) is 0.516. The third-order valence-electron chi connectivity index (χ3n) is 2.42. The van der Waals surface area contributed by atoms with Gasteiger partial charge in [-0.25, -0.2) is 0 Å². The molecule has 0 saturated heterocycles. The molecule has 5 heteroatoms. The predicted molar refractivity (Wildman–Crippen MR) is 65.7 cm³/mol. The van der Waals surface area contributed by atoms with E-state index in [4.69, 9.17) is 10.5 Å². The first kappa shape index (κ1) is 11.4. The van der Waals surface area contributed by atoms with Crippen LogP contribution in [0.25, 0.3) is 0 Å². The Labute approximate surface area is 100 Å². The number of nitrogen functional groups attached to an aromatic ring is 1. The summed E-state index contributed by atoms with van der Waals surface area (Å²) in [5, 5.41) is 4.11. The highest BCUT2D eigenvalue weighted by Crippen LogP contribution is 2.17. The van der Waals surface area contributed by atoms with Crippen molar-refractivity contribution in [1.82, 2.24) is 14.8 Å². The second-order valence-corrected chi connectivity index (χ2v) is 3.87. The highest BCUT2D eigenvalue weighted by Gasteiger charge is 2.04. The third-order valence-corrected chi connectivity index (χ3v) is 2.42. The standard InChI is InChI=1S/C12H16N4O/c1-16-9-11(13)12(15-16)17-8-2-3-10-4-6-14-7-5-10/h4-7,9H,2-3,8,13H2,1H3. The topological polar surface area (TPSA) is 66.0 Å². The molecule has 0 amide bonds. The first-order valence-corrected chi connectivity index (χ1v) is 5.56. The smallest absolute Gasteiger partial charge is 0.256 e. The van der Waals surface area contributed by atoms with Crippen LogP contribution in [0.3, 0.4) is 0 Å². The maximum atomic E-state index is 5.72. The van der Waals surface area contributed by atoms with Crippen molar-refractivity contribution in [2.45, 2.75) is 12.8 Å². The van der Waals surface area contributed by atoms with E-state index in [2.05, 4.69) is 10.1 Å². The van der Waals surface area contributed by atoms with Gasteiger partial charge in [0.25, 0.3) is 5.88 Å². The van der Waals surface area contributed by atoms with Gasteiger partial charge in [0, 0.05) is 19.4 Å². The van der Waals surface area contributed by atoms with Crippen molar-refractivity contribution in [3.8, 4) is 5.88 Å². The molecule has 0 aliphatic rings. The Morgan fingerprint density at radius 1 is 1.35 bits per heavy atom. The summed E-state index contributed by atoms with van der Waals surface area (Å²) in [6.07, 6.45) is 7.23. The second-order valence-electron chi connectivity index (χ2n) is 3.87. The van der Waals surface area contributed by atoms with Crippen molar-refractivity contribution >= 4 is 5.69 Å². The highest BCUT2D eigenvalue weighted by molar-refractivity contribution is 5.45. The fraction of sp³-hybridized carbons (Fsp3) is 0.333. The summed E-state index contributed by atoms with van der Waals surface area (Å²) >= 11 is 0. The Kier molecular flexibility index (Phi) is 3.59. The molecule has 0 radical (unpaired) electrons. The van der Waals surface area contributed by atoms with Crippen LogP contribution in [-0.4, -0.2) is 21.4 Å². The van der Waals surface area contributed by atoms with E-state index in [1.807, 2.05) is 19.2 Å². The van der Waals surface area contributed by atoms with Crippen LogP contribution < -0.4 is 10.5 Å². The van der Waals surface area contributed by atoms with Gasteiger partial charge in [-0.2, -0.15) is 0 Å². The number of nitrogens with two attached hydrogens (primary N) is 1. The monoisotopic (exact) mass is 232 g/mol. The fourth-order valence-electron chi connectivity index (χ4n) is 1.59. The lowest BCUT2D eigenvalue weighted by Crippen LogP contribution is -2.02. The minimum Gasteiger partial charge on any atom is -0.475 e. The molecule has 0 aliphatic carbocycles. The van der Waals surface area contributed by atoms with Gasteiger partial charge in [-0.15, -0.1) is 5.10 Å². The van der Waals surface area contributed by atoms with E-state index >= 15 is 0 Å². The van der Waals surface area contributed by atoms with Crippen LogP contribution in [0, 0.1) is 0 Å². The third kappa shape index (κ3) is 3.21. The van der Waals surface area contributed by atoms with Crippen LogP contribution in [0.2, 0.25) is 0 Å². The quantitative estimate of drug-likeness (QED) is 0.791. The van der Waals surface area contributed by atoms with Crippen molar-refractivity contribution < 1.29 is 4.74 Å². The van der Waals surface area contributed by atoms with E-state index in [0.717, 1.165) is 12.8 Å². The maximum absolute atomic E-state index is 5.72. The average molecular weight is 232 g/mol. The molecule has 2 rings (SSSR count). The summed E-state index contributed by atoms with van der Waals surface area (Å²) in [4.78, 5) is 3.98. The van der Waals surface area contributed by atoms with Crippen LogP contribution in [0.5, 0.6) is 5.88 Å². The van der Waals surface area contributed by atoms with E-state index in [9.17, 15) is 0 Å². The Morgan fingerprint density at radius 2 is 2.12 bits per heavy atom. The van der Waals surface area contributed by atoms with Crippen molar-refractivity contribution in [2.75, 3.05) is 12.3 Å². The largest absolute Gasteiger partial charge is 0.475 e. The van der Waals surface area contributed by atoms with Gasteiger partial charge in [0.15, 0.2) is 0 Å². The van der Waals surface area contributed by atoms with Crippen LogP contribution in [0.4, 0.5) is 5.69 Å². The molecule has 2 heterocycles. The van der Waals surface area contributed by atoms with Gasteiger partial charge in [-0.1, -0.05) is 0 Å². The molecule has 0 unspecified atom stereocenters. The first-order valence-electron chi connectivity index (χ1n) is 5.56. The van der Waals surface area contributed by atoms with E-state index in [0.29, 0.717) is 18.2 Å². The molecule has 0 fully saturated rings. The lowest BCUT2D eigenvalue weighted by molar-refractivity contribution is 0.298. The summed E-state index contributed by atoms with van der Waals surface area (Å²) in [5.41, 5.74) is 7.56. The normalized spacial score (nSPS) is 10.4. The molecule has 17 heavy (non-hydrogen) atoms. The fourth-order valence-corrected chi connectivity index (χ4v) is 1.59. The van der Waals surface area contributed by atoms with E-state index in [1.165, 1.54) is 5.56 Å². The van der Waals surface area contributed by atoms with Crippen molar-refractivity contribution in [2.24, 2.45) is 7.05 Å². The number of ether oxygens (including phenoxy) is 1. The van der Waals surface area contributed by atoms with Gasteiger partial charge >= 0.3 is 0 Å². The molecular formula is C12H16N4O. The van der Waals surface area contributed by atoms with Crippen molar-refractivity contribution in [3.05, 3.63) is 36.3 Å². The first-order chi connectivity index (χ1) is 8.25. The number of rotatable bonds is 5. The number of hydrogen-bond acceptors (Lipinski definition) is 4. The molecule has 0 saturated carbocycles. The minimum atomic E-state index is 0.516. The van der Waals surface area contributed by atoms with Crippen molar-refractivity contribution in [1.29, 1.82) is 0 Å². The van der Waals surface area contributed by atoms with Gasteiger partial charge in [-0.3, -0.25) is 9.67 Å². The molecule has 2 aromatic heterocycles. The summed E-state index contributed by atoms with van der Waals surface area (Å²) in [6.45, 7) is 0.615. The molecule has 90 valence electrons. The highest BCUT2D eigenvalue weighted by atomic mass is 16.5. The summed E-state index contributed by atoms with van der Waals surface area (Å²) in [6, 6.07) is 4.02. The predicted octanol–water partition coefficient (Wildman–Crippen LogP) is 1.41. The number of nitrogens with zero attached hydrogens (tertiary/aromatic N) is 3. The van der Waals surface area contributed by atoms with E-state index in [1.54, 1.807) is 23.3 Å². The van der Waals surface area contributed by atoms with Gasteiger partial charge in [0.1, 0.15) is 5.69 Å². The molecule has 5 nitrogen and oxygen atoms in total. The number of aryl methyl sites for hydroxylation is 2. The van der Waals surface area contributed by atoms with E-state index < -0.39 is 0 Å². The Hall–Kier alpha value is -2.04. The maximum Gasteiger partial charge on any atom is 0.256 e. The van der Waals surface area contributed by atoms with Gasteiger partial charge in [0.2, 0.25) is 0 Å². The number of pyridine rings is 1. The Morgan fingerprint density at radius 3 is 2.76 bits per heavy atom. The molecule has 0 spiro atoms. The van der Waals surface area contributed by atoms with Crippen molar-refractivity contribution in [3.63, 3.8) is 0 Å². The van der Waals surface area contributed by atoms with Gasteiger partial charge < -0.3 is 10.5 Å². The molecule has 0 atom stereocenters.